The normalized spacial score (nSPS) is 33.0. The maximum atomic E-state index is 12.5. The van der Waals surface area contributed by atoms with Gasteiger partial charge in [0.15, 0.2) is 15.0 Å². The van der Waals surface area contributed by atoms with Crippen LogP contribution in [0.15, 0.2) is 29.3 Å². The average molecular weight is 436 g/mol. The summed E-state index contributed by atoms with van der Waals surface area (Å²) < 4.78 is 23.3. The van der Waals surface area contributed by atoms with Gasteiger partial charge >= 0.3 is 0 Å². The average Bonchev–Trinajstić information content (AvgIpc) is 3.13. The Labute approximate surface area is 177 Å². The Bertz CT molecular complexity index is 898. The molecule has 2 heterocycles. The SMILES string of the molecule is C[C@H]1[C@H](C)CCC[C@@H]1NC(=O)Cc1ccc(NC2=N[C@@H]3CS(=O)(=O)C[C@H]3S2)cc1. The van der Waals surface area contributed by atoms with Crippen molar-refractivity contribution in [3.8, 4) is 0 Å². The van der Waals surface area contributed by atoms with E-state index in [1.807, 2.05) is 24.3 Å². The fourth-order valence-electron chi connectivity index (χ4n) is 4.47. The third-order valence-corrected chi connectivity index (χ3v) is 9.58. The van der Waals surface area contributed by atoms with Crippen LogP contribution in [0.4, 0.5) is 5.69 Å². The van der Waals surface area contributed by atoms with E-state index in [2.05, 4.69) is 29.5 Å². The number of aliphatic imine (C=N–C) groups is 1. The van der Waals surface area contributed by atoms with E-state index in [0.29, 0.717) is 18.3 Å². The molecule has 0 unspecified atom stereocenters. The summed E-state index contributed by atoms with van der Waals surface area (Å²) in [4.78, 5) is 17.0. The molecule has 1 saturated heterocycles. The van der Waals surface area contributed by atoms with Crippen molar-refractivity contribution in [3.63, 3.8) is 0 Å². The standard InChI is InChI=1S/C21H29N3O3S2/c1-13-4-3-5-17(14(13)2)23-20(25)10-15-6-8-16(9-7-15)22-21-24-18-11-29(26,27)12-19(18)28-21/h6-9,13-14,17-19H,3-5,10-12H2,1-2H3,(H,22,24)(H,23,25)/t13-,14+,17+,18-,19-/m1/s1. The number of anilines is 1. The van der Waals surface area contributed by atoms with Crippen LogP contribution in [-0.4, -0.2) is 48.3 Å². The molecule has 0 aromatic heterocycles. The summed E-state index contributed by atoms with van der Waals surface area (Å²) in [6.07, 6.45) is 3.90. The van der Waals surface area contributed by atoms with E-state index in [4.69, 9.17) is 0 Å². The number of nitrogens with one attached hydrogen (secondary N) is 2. The highest BCUT2D eigenvalue weighted by Gasteiger charge is 2.42. The monoisotopic (exact) mass is 435 g/mol. The molecule has 2 fully saturated rings. The number of amides is 1. The number of hydrogen-bond acceptors (Lipinski definition) is 6. The molecule has 158 valence electrons. The molecule has 1 aromatic carbocycles. The minimum Gasteiger partial charge on any atom is -0.353 e. The molecule has 3 aliphatic rings. The number of sulfone groups is 1. The fourth-order valence-corrected chi connectivity index (χ4v) is 8.15. The van der Waals surface area contributed by atoms with Gasteiger partial charge in [0.05, 0.1) is 24.0 Å². The molecule has 5 atom stereocenters. The molecule has 8 heteroatoms. The van der Waals surface area contributed by atoms with Gasteiger partial charge in [-0.05, 0) is 36.0 Å². The van der Waals surface area contributed by atoms with Gasteiger partial charge in [0.25, 0.3) is 0 Å². The largest absolute Gasteiger partial charge is 0.353 e. The van der Waals surface area contributed by atoms with Crippen LogP contribution in [0.3, 0.4) is 0 Å². The lowest BCUT2D eigenvalue weighted by Gasteiger charge is -2.34. The third kappa shape index (κ3) is 4.97. The molecule has 1 aromatic rings. The number of carbonyl (C=O) groups excluding carboxylic acids is 1. The molecule has 6 nitrogen and oxygen atoms in total. The number of fused-ring (bicyclic) bond motifs is 1. The molecule has 2 N–H and O–H groups in total. The maximum Gasteiger partial charge on any atom is 0.224 e. The van der Waals surface area contributed by atoms with E-state index in [1.165, 1.54) is 24.6 Å². The Morgan fingerprint density at radius 2 is 1.93 bits per heavy atom. The second-order valence-electron chi connectivity index (χ2n) is 8.67. The van der Waals surface area contributed by atoms with Crippen molar-refractivity contribution < 1.29 is 13.2 Å². The number of benzene rings is 1. The Hall–Kier alpha value is -1.54. The van der Waals surface area contributed by atoms with Crippen molar-refractivity contribution in [2.75, 3.05) is 16.8 Å². The number of amidine groups is 1. The molecule has 2 aliphatic heterocycles. The first-order valence-corrected chi connectivity index (χ1v) is 13.1. The maximum absolute atomic E-state index is 12.5. The van der Waals surface area contributed by atoms with E-state index < -0.39 is 9.84 Å². The Kier molecular flexibility index (Phi) is 5.93. The van der Waals surface area contributed by atoms with Crippen LogP contribution in [0.25, 0.3) is 0 Å². The number of rotatable bonds is 4. The van der Waals surface area contributed by atoms with Gasteiger partial charge in [-0.2, -0.15) is 0 Å². The van der Waals surface area contributed by atoms with Crippen LogP contribution in [0.2, 0.25) is 0 Å². The minimum atomic E-state index is -2.93. The van der Waals surface area contributed by atoms with Crippen molar-refractivity contribution in [2.24, 2.45) is 16.8 Å². The summed E-state index contributed by atoms with van der Waals surface area (Å²) in [6, 6.07) is 7.97. The predicted octanol–water partition coefficient (Wildman–Crippen LogP) is 2.85. The van der Waals surface area contributed by atoms with Crippen molar-refractivity contribution in [3.05, 3.63) is 29.8 Å². The summed E-state index contributed by atoms with van der Waals surface area (Å²) >= 11 is 1.51. The Morgan fingerprint density at radius 3 is 2.66 bits per heavy atom. The quantitative estimate of drug-likeness (QED) is 0.759. The summed E-state index contributed by atoms with van der Waals surface area (Å²) in [5.41, 5.74) is 1.88. The Morgan fingerprint density at radius 1 is 1.17 bits per heavy atom. The number of carbonyl (C=O) groups is 1. The van der Waals surface area contributed by atoms with Gasteiger partial charge in [0, 0.05) is 17.0 Å². The highest BCUT2D eigenvalue weighted by atomic mass is 32.2. The first kappa shape index (κ1) is 20.7. The van der Waals surface area contributed by atoms with E-state index in [-0.39, 0.29) is 34.7 Å². The molecule has 1 aliphatic carbocycles. The van der Waals surface area contributed by atoms with Gasteiger partial charge in [-0.1, -0.05) is 50.6 Å². The van der Waals surface area contributed by atoms with Crippen LogP contribution in [-0.2, 0) is 21.1 Å². The van der Waals surface area contributed by atoms with Gasteiger partial charge < -0.3 is 10.6 Å². The molecular formula is C21H29N3O3S2. The molecule has 0 bridgehead atoms. The smallest absolute Gasteiger partial charge is 0.224 e. The number of hydrogen-bond donors (Lipinski definition) is 2. The van der Waals surface area contributed by atoms with Crippen LogP contribution < -0.4 is 10.6 Å². The molecule has 0 spiro atoms. The lowest BCUT2D eigenvalue weighted by Crippen LogP contribution is -2.44. The zero-order chi connectivity index (χ0) is 20.6. The molecule has 1 amide bonds. The van der Waals surface area contributed by atoms with Gasteiger partial charge in [-0.3, -0.25) is 9.79 Å². The van der Waals surface area contributed by atoms with Crippen molar-refractivity contribution >= 4 is 38.4 Å². The summed E-state index contributed by atoms with van der Waals surface area (Å²) in [7, 11) is -2.93. The third-order valence-electron chi connectivity index (χ3n) is 6.44. The number of nitrogens with zero attached hydrogens (tertiary/aromatic N) is 1. The topological polar surface area (TPSA) is 87.6 Å². The second kappa shape index (κ2) is 8.30. The first-order valence-electron chi connectivity index (χ1n) is 10.4. The van der Waals surface area contributed by atoms with Gasteiger partial charge in [-0.25, -0.2) is 8.42 Å². The second-order valence-corrected chi connectivity index (χ2v) is 12.1. The van der Waals surface area contributed by atoms with E-state index in [9.17, 15) is 13.2 Å². The van der Waals surface area contributed by atoms with Crippen molar-refractivity contribution in [2.45, 2.75) is 56.9 Å². The van der Waals surface area contributed by atoms with Gasteiger partial charge in [-0.15, -0.1) is 0 Å². The highest BCUT2D eigenvalue weighted by molar-refractivity contribution is 8.15. The van der Waals surface area contributed by atoms with Gasteiger partial charge in [0.2, 0.25) is 5.91 Å². The van der Waals surface area contributed by atoms with Crippen LogP contribution in [0, 0.1) is 11.8 Å². The zero-order valence-corrected chi connectivity index (χ0v) is 18.6. The lowest BCUT2D eigenvalue weighted by atomic mass is 9.78. The molecular weight excluding hydrogens is 406 g/mol. The van der Waals surface area contributed by atoms with Crippen molar-refractivity contribution in [1.82, 2.24) is 5.32 Å². The summed E-state index contributed by atoms with van der Waals surface area (Å²) in [6.45, 7) is 4.51. The predicted molar refractivity (Wildman–Crippen MR) is 119 cm³/mol. The van der Waals surface area contributed by atoms with E-state index in [1.54, 1.807) is 0 Å². The number of thioether (sulfide) groups is 1. The molecule has 29 heavy (non-hydrogen) atoms. The van der Waals surface area contributed by atoms with E-state index in [0.717, 1.165) is 22.8 Å². The van der Waals surface area contributed by atoms with Crippen LogP contribution in [0.5, 0.6) is 0 Å². The molecule has 4 rings (SSSR count). The van der Waals surface area contributed by atoms with Crippen molar-refractivity contribution in [1.29, 1.82) is 0 Å². The lowest BCUT2D eigenvalue weighted by molar-refractivity contribution is -0.121. The molecule has 0 radical (unpaired) electrons. The van der Waals surface area contributed by atoms with Crippen LogP contribution >= 0.6 is 11.8 Å². The van der Waals surface area contributed by atoms with Gasteiger partial charge in [0.1, 0.15) is 0 Å². The Balaban J connectivity index is 1.29. The fraction of sp³-hybridized carbons (Fsp3) is 0.619. The van der Waals surface area contributed by atoms with E-state index >= 15 is 0 Å². The highest BCUT2D eigenvalue weighted by Crippen LogP contribution is 2.34. The first-order chi connectivity index (χ1) is 13.8. The zero-order valence-electron chi connectivity index (χ0n) is 16.9. The summed E-state index contributed by atoms with van der Waals surface area (Å²) in [5, 5.41) is 7.31. The summed E-state index contributed by atoms with van der Waals surface area (Å²) in [5.74, 6) is 1.64. The molecule has 1 saturated carbocycles. The minimum absolute atomic E-state index is 0.0374. The van der Waals surface area contributed by atoms with Crippen LogP contribution in [0.1, 0.15) is 38.7 Å².